The number of nitrogens with one attached hydrogen (secondary N) is 1. The first kappa shape index (κ1) is 27.6. The SMILES string of the molecule is CC(C)[C@@H](C(N)=O)N(CC(F)(F)F)c1cncc(-c2c[nH]c3ncc(OCCN4CCN(C)CC4)cc23)c1. The number of alkyl halides is 3. The number of rotatable bonds is 10. The number of amides is 1. The molecule has 3 N–H and O–H groups in total. The number of primary amides is 1. The van der Waals surface area contributed by atoms with E-state index in [0.29, 0.717) is 29.1 Å². The highest BCUT2D eigenvalue weighted by atomic mass is 19.4. The Hall–Kier alpha value is -3.38. The smallest absolute Gasteiger partial charge is 0.405 e. The van der Waals surface area contributed by atoms with Crippen LogP contribution < -0.4 is 15.4 Å². The normalized spacial score (nSPS) is 16.2. The maximum atomic E-state index is 13.5. The second-order valence-corrected chi connectivity index (χ2v) is 10.0. The molecule has 0 spiro atoms. The van der Waals surface area contributed by atoms with Gasteiger partial charge in [0.25, 0.3) is 0 Å². The minimum atomic E-state index is -4.54. The van der Waals surface area contributed by atoms with Gasteiger partial charge in [0.05, 0.1) is 18.1 Å². The number of aromatic amines is 1. The van der Waals surface area contributed by atoms with Crippen molar-refractivity contribution in [3.8, 4) is 16.9 Å². The Morgan fingerprint density at radius 3 is 2.58 bits per heavy atom. The van der Waals surface area contributed by atoms with E-state index in [1.165, 1.54) is 6.20 Å². The fraction of sp³-hybridized carbons (Fsp3) is 0.500. The lowest BCUT2D eigenvalue weighted by Crippen LogP contribution is -2.51. The molecule has 4 rings (SSSR count). The molecule has 12 heteroatoms. The molecular formula is C26H34F3N7O2. The first-order valence-corrected chi connectivity index (χ1v) is 12.6. The van der Waals surface area contributed by atoms with Crippen LogP contribution in [0.5, 0.6) is 5.75 Å². The van der Waals surface area contributed by atoms with E-state index >= 15 is 0 Å². The van der Waals surface area contributed by atoms with E-state index in [-0.39, 0.29) is 5.69 Å². The van der Waals surface area contributed by atoms with Crippen LogP contribution in [0, 0.1) is 5.92 Å². The molecule has 0 radical (unpaired) electrons. The van der Waals surface area contributed by atoms with E-state index in [9.17, 15) is 18.0 Å². The van der Waals surface area contributed by atoms with Gasteiger partial charge in [0.15, 0.2) is 0 Å². The fourth-order valence-corrected chi connectivity index (χ4v) is 4.78. The van der Waals surface area contributed by atoms with Crippen LogP contribution in [0.4, 0.5) is 18.9 Å². The van der Waals surface area contributed by atoms with E-state index in [1.807, 2.05) is 6.07 Å². The van der Waals surface area contributed by atoms with Gasteiger partial charge in [-0.3, -0.25) is 14.7 Å². The molecule has 0 aliphatic carbocycles. The van der Waals surface area contributed by atoms with Crippen LogP contribution in [-0.4, -0.2) is 95.8 Å². The third-order valence-electron chi connectivity index (χ3n) is 6.75. The molecular weight excluding hydrogens is 499 g/mol. The van der Waals surface area contributed by atoms with Gasteiger partial charge in [-0.2, -0.15) is 13.2 Å². The minimum absolute atomic E-state index is 0.152. The Labute approximate surface area is 219 Å². The molecule has 3 aromatic heterocycles. The highest BCUT2D eigenvalue weighted by Crippen LogP contribution is 2.33. The van der Waals surface area contributed by atoms with Gasteiger partial charge in [-0.1, -0.05) is 13.8 Å². The molecule has 1 aliphatic rings. The number of nitrogens with two attached hydrogens (primary N) is 1. The zero-order valence-electron chi connectivity index (χ0n) is 21.8. The lowest BCUT2D eigenvalue weighted by Gasteiger charge is -2.34. The fourth-order valence-electron chi connectivity index (χ4n) is 4.78. The first-order valence-electron chi connectivity index (χ1n) is 12.6. The highest BCUT2D eigenvalue weighted by Gasteiger charge is 2.37. The second-order valence-electron chi connectivity index (χ2n) is 10.0. The molecule has 0 unspecified atom stereocenters. The van der Waals surface area contributed by atoms with Crippen molar-refractivity contribution >= 4 is 22.6 Å². The first-order chi connectivity index (χ1) is 18.0. The van der Waals surface area contributed by atoms with E-state index in [1.54, 1.807) is 38.5 Å². The lowest BCUT2D eigenvalue weighted by molar-refractivity contribution is -0.126. The number of fused-ring (bicyclic) bond motifs is 1. The van der Waals surface area contributed by atoms with Crippen LogP contribution in [0.15, 0.2) is 36.9 Å². The number of ether oxygens (including phenoxy) is 1. The predicted octanol–water partition coefficient (Wildman–Crippen LogP) is 3.13. The number of likely N-dealkylation sites (N-methyl/N-ethyl adjacent to an activating group) is 1. The van der Waals surface area contributed by atoms with Gasteiger partial charge in [0.1, 0.15) is 30.6 Å². The quantitative estimate of drug-likeness (QED) is 0.413. The Morgan fingerprint density at radius 1 is 1.18 bits per heavy atom. The zero-order valence-corrected chi connectivity index (χ0v) is 21.8. The summed E-state index contributed by atoms with van der Waals surface area (Å²) in [5.74, 6) is -0.672. The molecule has 38 heavy (non-hydrogen) atoms. The van der Waals surface area contributed by atoms with Crippen LogP contribution in [-0.2, 0) is 4.79 Å². The summed E-state index contributed by atoms with van der Waals surface area (Å²) >= 11 is 0. The molecule has 3 aromatic rings. The summed E-state index contributed by atoms with van der Waals surface area (Å²) in [7, 11) is 2.11. The topological polar surface area (TPSA) is 104 Å². The number of nitrogens with zero attached hydrogens (tertiary/aromatic N) is 5. The van der Waals surface area contributed by atoms with Gasteiger partial charge in [-0.25, -0.2) is 4.98 Å². The lowest BCUT2D eigenvalue weighted by atomic mass is 10.0. The Balaban J connectivity index is 1.58. The number of carbonyl (C=O) groups is 1. The number of pyridine rings is 2. The molecule has 0 aromatic carbocycles. The number of anilines is 1. The van der Waals surface area contributed by atoms with Crippen molar-refractivity contribution in [2.75, 3.05) is 57.8 Å². The highest BCUT2D eigenvalue weighted by molar-refractivity contribution is 5.94. The van der Waals surface area contributed by atoms with Crippen molar-refractivity contribution in [1.29, 1.82) is 0 Å². The molecule has 1 aliphatic heterocycles. The van der Waals surface area contributed by atoms with Gasteiger partial charge in [-0.05, 0) is 25.1 Å². The molecule has 0 saturated carbocycles. The zero-order chi connectivity index (χ0) is 27.4. The van der Waals surface area contributed by atoms with Crippen molar-refractivity contribution in [3.63, 3.8) is 0 Å². The van der Waals surface area contributed by atoms with Crippen molar-refractivity contribution in [2.24, 2.45) is 11.7 Å². The molecule has 0 bridgehead atoms. The van der Waals surface area contributed by atoms with Gasteiger partial charge in [-0.15, -0.1) is 0 Å². The van der Waals surface area contributed by atoms with Gasteiger partial charge >= 0.3 is 6.18 Å². The standard InChI is InChI=1S/C26H34F3N7O2/c1-17(2)23(24(30)37)36(16-26(27,28)29)19-10-18(12-31-13-19)22-15-33-25-21(22)11-20(14-32-25)38-9-8-35-6-4-34(3)5-7-35/h10-15,17,23H,4-9,16H2,1-3H3,(H2,30,37)(H,32,33)/t23-/m0/s1. The predicted molar refractivity (Wildman–Crippen MR) is 140 cm³/mol. The van der Waals surface area contributed by atoms with E-state index in [0.717, 1.165) is 43.0 Å². The third kappa shape index (κ3) is 6.73. The van der Waals surface area contributed by atoms with E-state index < -0.39 is 30.6 Å². The number of piperazine rings is 1. The maximum absolute atomic E-state index is 13.5. The Bertz CT molecular complexity index is 1240. The Kier molecular flexibility index (Phi) is 8.41. The van der Waals surface area contributed by atoms with Crippen molar-refractivity contribution in [3.05, 3.63) is 36.9 Å². The second kappa shape index (κ2) is 11.6. The molecule has 1 atom stereocenters. The minimum Gasteiger partial charge on any atom is -0.491 e. The number of halogens is 3. The van der Waals surface area contributed by atoms with Crippen molar-refractivity contribution < 1.29 is 22.7 Å². The van der Waals surface area contributed by atoms with Crippen LogP contribution in [0.3, 0.4) is 0 Å². The molecule has 1 fully saturated rings. The molecule has 4 heterocycles. The van der Waals surface area contributed by atoms with E-state index in [2.05, 4.69) is 31.8 Å². The van der Waals surface area contributed by atoms with Gasteiger partial charge < -0.3 is 25.3 Å². The molecule has 1 amide bonds. The van der Waals surface area contributed by atoms with Crippen molar-refractivity contribution in [1.82, 2.24) is 24.8 Å². The average Bonchev–Trinajstić information content (AvgIpc) is 3.27. The Morgan fingerprint density at radius 2 is 1.92 bits per heavy atom. The molecule has 1 saturated heterocycles. The van der Waals surface area contributed by atoms with Crippen LogP contribution >= 0.6 is 0 Å². The summed E-state index contributed by atoms with van der Waals surface area (Å²) in [6.45, 7) is 7.39. The number of hydrogen-bond acceptors (Lipinski definition) is 7. The van der Waals surface area contributed by atoms with Crippen LogP contribution in [0.1, 0.15) is 13.8 Å². The van der Waals surface area contributed by atoms with Gasteiger partial charge in [0, 0.05) is 61.6 Å². The largest absolute Gasteiger partial charge is 0.491 e. The van der Waals surface area contributed by atoms with Crippen molar-refractivity contribution in [2.45, 2.75) is 26.1 Å². The van der Waals surface area contributed by atoms with Gasteiger partial charge in [0.2, 0.25) is 5.91 Å². The molecule has 9 nitrogen and oxygen atoms in total. The third-order valence-corrected chi connectivity index (χ3v) is 6.75. The monoisotopic (exact) mass is 533 g/mol. The summed E-state index contributed by atoms with van der Waals surface area (Å²) in [5, 5.41) is 0.749. The van der Waals surface area contributed by atoms with Crippen LogP contribution in [0.2, 0.25) is 0 Å². The number of H-pyrrole nitrogens is 1. The van der Waals surface area contributed by atoms with Crippen LogP contribution in [0.25, 0.3) is 22.2 Å². The average molecular weight is 534 g/mol. The summed E-state index contributed by atoms with van der Waals surface area (Å²) in [6.07, 6.45) is 1.71. The summed E-state index contributed by atoms with van der Waals surface area (Å²) in [4.78, 5) is 29.5. The number of aromatic nitrogens is 3. The number of carbonyl (C=O) groups excluding carboxylic acids is 1. The molecule has 206 valence electrons. The summed E-state index contributed by atoms with van der Waals surface area (Å²) in [6, 6.07) is 2.29. The number of hydrogen-bond donors (Lipinski definition) is 2. The van der Waals surface area contributed by atoms with E-state index in [4.69, 9.17) is 10.5 Å². The summed E-state index contributed by atoms with van der Waals surface area (Å²) in [5.41, 5.74) is 7.56. The summed E-state index contributed by atoms with van der Waals surface area (Å²) < 4.78 is 46.5. The maximum Gasteiger partial charge on any atom is 0.405 e.